The lowest BCUT2D eigenvalue weighted by Crippen LogP contribution is -2.47. The SMILES string of the molecule is CCN(C(=O)C1CCC(F)(F)CC1)C(C)C(=O)O. The van der Waals surface area contributed by atoms with Gasteiger partial charge in [-0.2, -0.15) is 0 Å². The zero-order valence-corrected chi connectivity index (χ0v) is 10.7. The van der Waals surface area contributed by atoms with Crippen LogP contribution in [0.3, 0.4) is 0 Å². The molecule has 0 heterocycles. The average Bonchev–Trinajstić information content (AvgIpc) is 2.29. The number of carbonyl (C=O) groups is 2. The van der Waals surface area contributed by atoms with Crippen molar-refractivity contribution >= 4 is 11.9 Å². The number of hydrogen-bond donors (Lipinski definition) is 1. The summed E-state index contributed by atoms with van der Waals surface area (Å²) in [6, 6.07) is -0.912. The van der Waals surface area contributed by atoms with E-state index in [0.29, 0.717) is 0 Å². The fraction of sp³-hybridized carbons (Fsp3) is 0.833. The van der Waals surface area contributed by atoms with Crippen LogP contribution in [0.1, 0.15) is 39.5 Å². The summed E-state index contributed by atoms with van der Waals surface area (Å²) < 4.78 is 26.0. The number of carbonyl (C=O) groups excluding carboxylic acids is 1. The molecule has 6 heteroatoms. The summed E-state index contributed by atoms with van der Waals surface area (Å²) in [5, 5.41) is 8.90. The van der Waals surface area contributed by atoms with E-state index in [1.165, 1.54) is 11.8 Å². The molecule has 1 fully saturated rings. The molecule has 0 aromatic heterocycles. The maximum Gasteiger partial charge on any atom is 0.326 e. The molecule has 1 amide bonds. The smallest absolute Gasteiger partial charge is 0.326 e. The second kappa shape index (κ2) is 5.63. The Morgan fingerprint density at radius 1 is 1.39 bits per heavy atom. The first-order chi connectivity index (χ1) is 8.28. The van der Waals surface area contributed by atoms with E-state index in [0.717, 1.165) is 0 Å². The normalized spacial score (nSPS) is 21.3. The van der Waals surface area contributed by atoms with Crippen LogP contribution in [0.4, 0.5) is 8.78 Å². The Balaban J connectivity index is 2.66. The number of alkyl halides is 2. The van der Waals surface area contributed by atoms with Crippen molar-refractivity contribution in [1.29, 1.82) is 0 Å². The standard InChI is InChI=1S/C12H19F2NO3/c1-3-15(8(2)11(17)18)10(16)9-4-6-12(13,14)7-5-9/h8-9H,3-7H2,1-2H3,(H,17,18). The first kappa shape index (κ1) is 14.9. The van der Waals surface area contributed by atoms with Crippen molar-refractivity contribution in [2.45, 2.75) is 51.5 Å². The third-order valence-corrected chi connectivity index (χ3v) is 3.52. The lowest BCUT2D eigenvalue weighted by Gasteiger charge is -2.33. The molecule has 1 saturated carbocycles. The number of nitrogens with zero attached hydrogens (tertiary/aromatic N) is 1. The molecule has 18 heavy (non-hydrogen) atoms. The van der Waals surface area contributed by atoms with Gasteiger partial charge in [0.15, 0.2) is 0 Å². The number of likely N-dealkylation sites (N-methyl/N-ethyl adjacent to an activating group) is 1. The Kier molecular flexibility index (Phi) is 4.65. The maximum absolute atomic E-state index is 13.0. The van der Waals surface area contributed by atoms with Gasteiger partial charge in [-0.25, -0.2) is 13.6 Å². The maximum atomic E-state index is 13.0. The second-order valence-electron chi connectivity index (χ2n) is 4.77. The van der Waals surface area contributed by atoms with Gasteiger partial charge in [-0.3, -0.25) is 4.79 Å². The Bertz CT molecular complexity index is 323. The first-order valence-electron chi connectivity index (χ1n) is 6.19. The number of rotatable bonds is 4. The van der Waals surface area contributed by atoms with Crippen molar-refractivity contribution in [3.63, 3.8) is 0 Å². The average molecular weight is 263 g/mol. The molecular weight excluding hydrogens is 244 g/mol. The van der Waals surface area contributed by atoms with Crippen LogP contribution in [0.2, 0.25) is 0 Å². The Labute approximate surface area is 105 Å². The molecule has 0 saturated heterocycles. The predicted molar refractivity (Wildman–Crippen MR) is 61.4 cm³/mol. The minimum atomic E-state index is -2.67. The van der Waals surface area contributed by atoms with Crippen LogP contribution in [0.15, 0.2) is 0 Å². The lowest BCUT2D eigenvalue weighted by atomic mass is 9.85. The molecular formula is C12H19F2NO3. The number of aliphatic carboxylic acids is 1. The van der Waals surface area contributed by atoms with Gasteiger partial charge in [-0.05, 0) is 26.7 Å². The van der Waals surface area contributed by atoms with Gasteiger partial charge >= 0.3 is 5.97 Å². The minimum absolute atomic E-state index is 0.134. The Morgan fingerprint density at radius 3 is 2.28 bits per heavy atom. The summed E-state index contributed by atoms with van der Waals surface area (Å²) in [6.45, 7) is 3.40. The molecule has 0 aromatic carbocycles. The molecule has 0 aromatic rings. The number of carboxylic acids is 1. The summed E-state index contributed by atoms with van der Waals surface area (Å²) in [7, 11) is 0. The zero-order chi connectivity index (χ0) is 13.9. The second-order valence-corrected chi connectivity index (χ2v) is 4.77. The summed E-state index contributed by atoms with van der Waals surface area (Å²) in [5.74, 6) is -4.53. The molecule has 0 radical (unpaired) electrons. The van der Waals surface area contributed by atoms with Crippen LogP contribution in [-0.2, 0) is 9.59 Å². The van der Waals surface area contributed by atoms with Crippen LogP contribution in [0.25, 0.3) is 0 Å². The lowest BCUT2D eigenvalue weighted by molar-refractivity contribution is -0.153. The molecule has 1 aliphatic rings. The van der Waals surface area contributed by atoms with Gasteiger partial charge in [0.05, 0.1) is 0 Å². The molecule has 0 aliphatic heterocycles. The van der Waals surface area contributed by atoms with Gasteiger partial charge in [-0.1, -0.05) is 0 Å². The summed E-state index contributed by atoms with van der Waals surface area (Å²) in [6.07, 6.45) is -0.311. The van der Waals surface area contributed by atoms with Crippen molar-refractivity contribution in [2.24, 2.45) is 5.92 Å². The highest BCUT2D eigenvalue weighted by atomic mass is 19.3. The largest absolute Gasteiger partial charge is 0.480 e. The van der Waals surface area contributed by atoms with E-state index in [9.17, 15) is 18.4 Å². The molecule has 1 atom stereocenters. The van der Waals surface area contributed by atoms with Gasteiger partial charge in [-0.15, -0.1) is 0 Å². The van der Waals surface area contributed by atoms with E-state index in [1.807, 2.05) is 0 Å². The molecule has 0 spiro atoms. The minimum Gasteiger partial charge on any atom is -0.480 e. The molecule has 1 N–H and O–H groups in total. The van der Waals surface area contributed by atoms with Crippen LogP contribution in [0.5, 0.6) is 0 Å². The first-order valence-corrected chi connectivity index (χ1v) is 6.19. The van der Waals surface area contributed by atoms with Crippen molar-refractivity contribution in [3.05, 3.63) is 0 Å². The van der Waals surface area contributed by atoms with Crippen molar-refractivity contribution in [1.82, 2.24) is 4.90 Å². The molecule has 1 unspecified atom stereocenters. The van der Waals surface area contributed by atoms with E-state index >= 15 is 0 Å². The number of hydrogen-bond acceptors (Lipinski definition) is 2. The van der Waals surface area contributed by atoms with Gasteiger partial charge in [0.2, 0.25) is 11.8 Å². The fourth-order valence-corrected chi connectivity index (χ4v) is 2.28. The third-order valence-electron chi connectivity index (χ3n) is 3.52. The summed E-state index contributed by atoms with van der Waals surface area (Å²) >= 11 is 0. The van der Waals surface area contributed by atoms with Crippen LogP contribution >= 0.6 is 0 Å². The monoisotopic (exact) mass is 263 g/mol. The van der Waals surface area contributed by atoms with E-state index in [4.69, 9.17) is 5.11 Å². The molecule has 1 aliphatic carbocycles. The third kappa shape index (κ3) is 3.40. The number of halogens is 2. The highest BCUT2D eigenvalue weighted by Gasteiger charge is 2.39. The highest BCUT2D eigenvalue weighted by molar-refractivity contribution is 5.84. The van der Waals surface area contributed by atoms with E-state index in [2.05, 4.69) is 0 Å². The zero-order valence-electron chi connectivity index (χ0n) is 10.7. The number of carboxylic acid groups (broad SMARTS) is 1. The molecule has 0 bridgehead atoms. The predicted octanol–water partition coefficient (Wildman–Crippen LogP) is 2.13. The Morgan fingerprint density at radius 2 is 1.89 bits per heavy atom. The molecule has 1 rings (SSSR count). The van der Waals surface area contributed by atoms with E-state index < -0.39 is 23.9 Å². The van der Waals surface area contributed by atoms with Gasteiger partial charge in [0.1, 0.15) is 6.04 Å². The fourth-order valence-electron chi connectivity index (χ4n) is 2.28. The van der Waals surface area contributed by atoms with Crippen molar-refractivity contribution < 1.29 is 23.5 Å². The van der Waals surface area contributed by atoms with Crippen LogP contribution in [0, 0.1) is 5.92 Å². The van der Waals surface area contributed by atoms with Crippen molar-refractivity contribution in [2.75, 3.05) is 6.54 Å². The quantitative estimate of drug-likeness (QED) is 0.845. The van der Waals surface area contributed by atoms with Gasteiger partial charge in [0.25, 0.3) is 0 Å². The van der Waals surface area contributed by atoms with Crippen LogP contribution in [-0.4, -0.2) is 40.4 Å². The van der Waals surface area contributed by atoms with Gasteiger partial charge in [0, 0.05) is 25.3 Å². The van der Waals surface area contributed by atoms with E-state index in [1.54, 1.807) is 6.92 Å². The molecule has 4 nitrogen and oxygen atoms in total. The van der Waals surface area contributed by atoms with E-state index in [-0.39, 0.29) is 38.1 Å². The topological polar surface area (TPSA) is 57.6 Å². The Hall–Kier alpha value is -1.20. The molecule has 104 valence electrons. The van der Waals surface area contributed by atoms with Gasteiger partial charge < -0.3 is 10.0 Å². The summed E-state index contributed by atoms with van der Waals surface area (Å²) in [4.78, 5) is 24.2. The number of amides is 1. The highest BCUT2D eigenvalue weighted by Crippen LogP contribution is 2.36. The summed E-state index contributed by atoms with van der Waals surface area (Å²) in [5.41, 5.74) is 0. The van der Waals surface area contributed by atoms with Crippen molar-refractivity contribution in [3.8, 4) is 0 Å². The van der Waals surface area contributed by atoms with Crippen LogP contribution < -0.4 is 0 Å².